The van der Waals surface area contributed by atoms with E-state index in [1.165, 1.54) is 23.1 Å². The number of halogens is 1. The molecule has 0 bridgehead atoms. The van der Waals surface area contributed by atoms with E-state index in [1.807, 2.05) is 35.8 Å². The molecule has 0 amide bonds. The Morgan fingerprint density at radius 3 is 2.68 bits per heavy atom. The summed E-state index contributed by atoms with van der Waals surface area (Å²) in [5.74, 6) is 1.80. The van der Waals surface area contributed by atoms with E-state index in [-0.39, 0.29) is 11.5 Å². The molecule has 0 N–H and O–H groups in total. The molecule has 3 heterocycles. The number of rotatable bonds is 7. The van der Waals surface area contributed by atoms with Gasteiger partial charge in [0.25, 0.3) is 0 Å². The van der Waals surface area contributed by atoms with Gasteiger partial charge in [-0.15, -0.1) is 21.5 Å². The first-order valence-corrected chi connectivity index (χ1v) is 10.7. The molecule has 0 aliphatic carbocycles. The lowest BCUT2D eigenvalue weighted by Gasteiger charge is -2.10. The van der Waals surface area contributed by atoms with Crippen LogP contribution < -0.4 is 0 Å². The zero-order valence-corrected chi connectivity index (χ0v) is 17.4. The number of thioether (sulfide) groups is 1. The van der Waals surface area contributed by atoms with Crippen LogP contribution in [-0.4, -0.2) is 26.3 Å². The molecule has 1 aromatic carbocycles. The second-order valence-corrected chi connectivity index (χ2v) is 8.74. The van der Waals surface area contributed by atoms with E-state index < -0.39 is 0 Å². The van der Waals surface area contributed by atoms with E-state index in [0.717, 1.165) is 22.7 Å². The Kier molecular flexibility index (Phi) is 5.66. The summed E-state index contributed by atoms with van der Waals surface area (Å²) in [5, 5.41) is 9.40. The van der Waals surface area contributed by atoms with Gasteiger partial charge in [-0.2, -0.15) is 0 Å². The number of hydrogen-bond donors (Lipinski definition) is 0. The molecule has 8 heteroatoms. The van der Waals surface area contributed by atoms with Crippen LogP contribution in [0.25, 0.3) is 11.4 Å². The molecule has 142 valence electrons. The number of hydrogen-bond acceptors (Lipinski definition) is 6. The summed E-state index contributed by atoms with van der Waals surface area (Å²) in [6, 6.07) is 15.5. The van der Waals surface area contributed by atoms with Crippen molar-refractivity contribution in [1.82, 2.24) is 14.8 Å². The highest BCUT2D eigenvalue weighted by Crippen LogP contribution is 2.29. The van der Waals surface area contributed by atoms with Gasteiger partial charge in [0.15, 0.2) is 16.8 Å². The number of nitrogens with zero attached hydrogens (tertiary/aromatic N) is 3. The van der Waals surface area contributed by atoms with E-state index in [0.29, 0.717) is 20.9 Å². The fraction of sp³-hybridized carbons (Fsp3) is 0.150. The standard InChI is InChI=1S/C20H16ClN3O2S2/c1-13-15(9-10-26-13)19-22-23-20(24(19)11-14-5-3-2-4-6-14)27-12-16(25)17-7-8-18(21)28-17/h2-10H,11-12H2,1H3. The number of aromatic nitrogens is 3. The number of carbonyl (C=O) groups excluding carboxylic acids is 1. The lowest BCUT2D eigenvalue weighted by atomic mass is 10.2. The number of ketones is 1. The van der Waals surface area contributed by atoms with Crippen molar-refractivity contribution in [2.24, 2.45) is 0 Å². The van der Waals surface area contributed by atoms with Gasteiger partial charge in [-0.1, -0.05) is 53.7 Å². The summed E-state index contributed by atoms with van der Waals surface area (Å²) < 4.78 is 8.07. The lowest BCUT2D eigenvalue weighted by molar-refractivity contribution is 0.102. The molecule has 0 saturated carbocycles. The normalized spacial score (nSPS) is 11.1. The summed E-state index contributed by atoms with van der Waals surface area (Å²) >= 11 is 8.60. The van der Waals surface area contributed by atoms with Gasteiger partial charge in [-0.3, -0.25) is 9.36 Å². The van der Waals surface area contributed by atoms with E-state index in [9.17, 15) is 4.79 Å². The fourth-order valence-electron chi connectivity index (χ4n) is 2.79. The molecule has 3 aromatic heterocycles. The second-order valence-electron chi connectivity index (χ2n) is 6.08. The third kappa shape index (κ3) is 4.06. The maximum Gasteiger partial charge on any atom is 0.192 e. The molecule has 0 saturated heterocycles. The lowest BCUT2D eigenvalue weighted by Crippen LogP contribution is -2.06. The summed E-state index contributed by atoms with van der Waals surface area (Å²) in [4.78, 5) is 13.1. The van der Waals surface area contributed by atoms with E-state index >= 15 is 0 Å². The van der Waals surface area contributed by atoms with Crippen molar-refractivity contribution < 1.29 is 9.21 Å². The number of Topliss-reactive ketones (excluding diaryl/α,β-unsaturated/α-hetero) is 1. The fourth-order valence-corrected chi connectivity index (χ4v) is 4.68. The molecular formula is C20H16ClN3O2S2. The minimum Gasteiger partial charge on any atom is -0.469 e. The second kappa shape index (κ2) is 8.34. The summed E-state index contributed by atoms with van der Waals surface area (Å²) in [6.07, 6.45) is 1.64. The van der Waals surface area contributed by atoms with Gasteiger partial charge < -0.3 is 4.42 Å². The van der Waals surface area contributed by atoms with Crippen LogP contribution in [0.4, 0.5) is 0 Å². The predicted molar refractivity (Wildman–Crippen MR) is 112 cm³/mol. The first-order chi connectivity index (χ1) is 13.6. The number of thiophene rings is 1. The zero-order valence-electron chi connectivity index (χ0n) is 15.0. The van der Waals surface area contributed by atoms with Gasteiger partial charge >= 0.3 is 0 Å². The Hall–Kier alpha value is -2.35. The largest absolute Gasteiger partial charge is 0.469 e. The molecule has 0 spiro atoms. The molecule has 0 aliphatic heterocycles. The van der Waals surface area contributed by atoms with Gasteiger partial charge in [0.05, 0.1) is 33.3 Å². The van der Waals surface area contributed by atoms with Crippen molar-refractivity contribution in [2.45, 2.75) is 18.6 Å². The van der Waals surface area contributed by atoms with Crippen molar-refractivity contribution in [2.75, 3.05) is 5.75 Å². The highest BCUT2D eigenvalue weighted by molar-refractivity contribution is 7.99. The minimum atomic E-state index is 0.0252. The molecule has 0 atom stereocenters. The quantitative estimate of drug-likeness (QED) is 0.283. The van der Waals surface area contributed by atoms with Crippen LogP contribution in [0.2, 0.25) is 4.34 Å². The van der Waals surface area contributed by atoms with Crippen LogP contribution in [0, 0.1) is 6.92 Å². The van der Waals surface area contributed by atoms with Crippen LogP contribution in [-0.2, 0) is 6.54 Å². The topological polar surface area (TPSA) is 60.9 Å². The van der Waals surface area contributed by atoms with Crippen molar-refractivity contribution in [3.63, 3.8) is 0 Å². The molecule has 0 aliphatic rings. The summed E-state index contributed by atoms with van der Waals surface area (Å²) in [6.45, 7) is 2.50. The molecule has 0 fully saturated rings. The average Bonchev–Trinajstić information content (AvgIpc) is 3.41. The number of carbonyl (C=O) groups is 1. The third-order valence-electron chi connectivity index (χ3n) is 4.18. The average molecular weight is 430 g/mol. The van der Waals surface area contributed by atoms with Crippen LogP contribution in [0.3, 0.4) is 0 Å². The summed E-state index contributed by atoms with van der Waals surface area (Å²) in [7, 11) is 0. The Labute approximate surface area is 175 Å². The van der Waals surface area contributed by atoms with Crippen LogP contribution in [0.5, 0.6) is 0 Å². The molecule has 4 rings (SSSR count). The number of furan rings is 1. The van der Waals surface area contributed by atoms with Crippen LogP contribution >= 0.6 is 34.7 Å². The van der Waals surface area contributed by atoms with Gasteiger partial charge in [-0.25, -0.2) is 0 Å². The molecule has 0 radical (unpaired) electrons. The Morgan fingerprint density at radius 1 is 1.18 bits per heavy atom. The predicted octanol–water partition coefficient (Wildman–Crippen LogP) is 5.58. The molecule has 5 nitrogen and oxygen atoms in total. The Morgan fingerprint density at radius 2 is 2.00 bits per heavy atom. The minimum absolute atomic E-state index is 0.0252. The monoisotopic (exact) mass is 429 g/mol. The number of benzene rings is 1. The zero-order chi connectivity index (χ0) is 19.5. The van der Waals surface area contributed by atoms with Gasteiger partial charge in [0, 0.05) is 0 Å². The Balaban J connectivity index is 1.62. The maximum absolute atomic E-state index is 12.4. The van der Waals surface area contributed by atoms with Crippen LogP contribution in [0.1, 0.15) is 21.0 Å². The van der Waals surface area contributed by atoms with Crippen molar-refractivity contribution in [3.05, 3.63) is 75.3 Å². The van der Waals surface area contributed by atoms with E-state index in [1.54, 1.807) is 18.4 Å². The maximum atomic E-state index is 12.4. The van der Waals surface area contributed by atoms with Gasteiger partial charge in [0.1, 0.15) is 5.76 Å². The first kappa shape index (κ1) is 19.0. The first-order valence-electron chi connectivity index (χ1n) is 8.55. The highest BCUT2D eigenvalue weighted by atomic mass is 35.5. The number of aryl methyl sites for hydroxylation is 1. The van der Waals surface area contributed by atoms with Crippen molar-refractivity contribution in [3.8, 4) is 11.4 Å². The van der Waals surface area contributed by atoms with Crippen molar-refractivity contribution >= 4 is 40.5 Å². The molecule has 4 aromatic rings. The SMILES string of the molecule is Cc1occc1-c1nnc(SCC(=O)c2ccc(Cl)s2)n1Cc1ccccc1. The molecular weight excluding hydrogens is 414 g/mol. The Bertz CT molecular complexity index is 1100. The van der Waals surface area contributed by atoms with Gasteiger partial charge in [0.2, 0.25) is 0 Å². The van der Waals surface area contributed by atoms with Crippen LogP contribution in [0.15, 0.2) is 64.4 Å². The third-order valence-corrected chi connectivity index (χ3v) is 6.42. The van der Waals surface area contributed by atoms with E-state index in [2.05, 4.69) is 22.3 Å². The van der Waals surface area contributed by atoms with Crippen molar-refractivity contribution in [1.29, 1.82) is 0 Å². The van der Waals surface area contributed by atoms with Gasteiger partial charge in [-0.05, 0) is 30.7 Å². The highest BCUT2D eigenvalue weighted by Gasteiger charge is 2.19. The molecule has 0 unspecified atom stereocenters. The van der Waals surface area contributed by atoms with E-state index in [4.69, 9.17) is 16.0 Å². The smallest absolute Gasteiger partial charge is 0.192 e. The summed E-state index contributed by atoms with van der Waals surface area (Å²) in [5.41, 5.74) is 2.02. The molecule has 28 heavy (non-hydrogen) atoms.